The van der Waals surface area contributed by atoms with Crippen LogP contribution in [0.4, 0.5) is 5.69 Å². The second-order valence-electron chi connectivity index (χ2n) is 8.69. The predicted octanol–water partition coefficient (Wildman–Crippen LogP) is 4.98. The van der Waals surface area contributed by atoms with Gasteiger partial charge in [0.1, 0.15) is 0 Å². The van der Waals surface area contributed by atoms with Gasteiger partial charge in [0.25, 0.3) is 0 Å². The van der Waals surface area contributed by atoms with Crippen LogP contribution >= 0.6 is 0 Å². The van der Waals surface area contributed by atoms with Crippen molar-refractivity contribution in [3.63, 3.8) is 0 Å². The molecular formula is C23H29NO2. The summed E-state index contributed by atoms with van der Waals surface area (Å²) in [4.78, 5) is 0. The van der Waals surface area contributed by atoms with Crippen LogP contribution in [0.3, 0.4) is 0 Å². The Hall–Kier alpha value is -1.84. The number of fused-ring (bicyclic) bond motifs is 3. The first-order valence-corrected chi connectivity index (χ1v) is 9.69. The summed E-state index contributed by atoms with van der Waals surface area (Å²) in [6.07, 6.45) is 1.94. The van der Waals surface area contributed by atoms with E-state index in [1.165, 1.54) is 16.7 Å². The fourth-order valence-electron chi connectivity index (χ4n) is 4.35. The van der Waals surface area contributed by atoms with Crippen LogP contribution in [-0.2, 0) is 10.2 Å². The van der Waals surface area contributed by atoms with Gasteiger partial charge in [-0.2, -0.15) is 0 Å². The Labute approximate surface area is 156 Å². The van der Waals surface area contributed by atoms with Crippen LogP contribution in [0.15, 0.2) is 48.5 Å². The molecule has 0 aromatic heterocycles. The Kier molecular flexibility index (Phi) is 4.54. The highest BCUT2D eigenvalue weighted by Crippen LogP contribution is 2.50. The van der Waals surface area contributed by atoms with Crippen LogP contribution in [0, 0.1) is 5.92 Å². The molecule has 2 N–H and O–H groups in total. The van der Waals surface area contributed by atoms with Crippen molar-refractivity contribution >= 4 is 5.69 Å². The number of ether oxygens (including phenoxy) is 1. The van der Waals surface area contributed by atoms with Crippen LogP contribution in [0.25, 0.3) is 0 Å². The first-order chi connectivity index (χ1) is 12.5. The van der Waals surface area contributed by atoms with E-state index in [0.717, 1.165) is 18.5 Å². The van der Waals surface area contributed by atoms with Gasteiger partial charge in [-0.15, -0.1) is 0 Å². The molecule has 0 aliphatic carbocycles. The molecule has 0 saturated carbocycles. The second kappa shape index (κ2) is 6.71. The van der Waals surface area contributed by atoms with Gasteiger partial charge in [-0.1, -0.05) is 63.2 Å². The Balaban J connectivity index is 1.77. The van der Waals surface area contributed by atoms with Crippen molar-refractivity contribution in [2.45, 2.75) is 57.3 Å². The molecule has 26 heavy (non-hydrogen) atoms. The maximum Gasteiger partial charge on any atom is 0.0900 e. The summed E-state index contributed by atoms with van der Waals surface area (Å²) in [5.41, 5.74) is 5.13. The Morgan fingerprint density at radius 3 is 2.54 bits per heavy atom. The number of aliphatic hydroxyl groups is 1. The Bertz CT molecular complexity index is 766. The van der Waals surface area contributed by atoms with E-state index in [-0.39, 0.29) is 30.3 Å². The smallest absolute Gasteiger partial charge is 0.0900 e. The first-order valence-electron chi connectivity index (χ1n) is 9.69. The number of hydrogen-bond acceptors (Lipinski definition) is 3. The van der Waals surface area contributed by atoms with Crippen molar-refractivity contribution in [1.29, 1.82) is 0 Å². The monoisotopic (exact) mass is 351 g/mol. The summed E-state index contributed by atoms with van der Waals surface area (Å²) in [6, 6.07) is 17.6. The predicted molar refractivity (Wildman–Crippen MR) is 105 cm³/mol. The zero-order chi connectivity index (χ0) is 18.3. The Morgan fingerprint density at radius 2 is 1.85 bits per heavy atom. The van der Waals surface area contributed by atoms with Crippen molar-refractivity contribution in [3.8, 4) is 0 Å². The number of nitrogens with one attached hydrogen (secondary N) is 1. The van der Waals surface area contributed by atoms with E-state index in [2.05, 4.69) is 74.6 Å². The molecule has 4 atom stereocenters. The first kappa shape index (κ1) is 17.6. The third-order valence-corrected chi connectivity index (χ3v) is 5.88. The van der Waals surface area contributed by atoms with Crippen LogP contribution in [0.1, 0.15) is 62.4 Å². The summed E-state index contributed by atoms with van der Waals surface area (Å²) < 4.78 is 6.40. The number of aliphatic hydroxyl groups excluding tert-OH is 1. The third-order valence-electron chi connectivity index (χ3n) is 5.88. The maximum atomic E-state index is 9.66. The van der Waals surface area contributed by atoms with Crippen molar-refractivity contribution < 1.29 is 9.84 Å². The van der Waals surface area contributed by atoms with Crippen molar-refractivity contribution in [3.05, 3.63) is 65.2 Å². The minimum atomic E-state index is -0.0584. The molecule has 0 amide bonds. The molecule has 0 radical (unpaired) electrons. The van der Waals surface area contributed by atoms with E-state index in [0.29, 0.717) is 5.92 Å². The average Bonchev–Trinajstić information content (AvgIpc) is 2.66. The zero-order valence-electron chi connectivity index (χ0n) is 15.9. The minimum Gasteiger partial charge on any atom is -0.394 e. The van der Waals surface area contributed by atoms with Crippen LogP contribution < -0.4 is 5.32 Å². The molecule has 2 aromatic rings. The SMILES string of the molecule is CC(C)(C)c1ccc2c(c1)C1O[C@@H](CO)CC[C@H]1[C@@H](c1ccccc1)N2. The highest BCUT2D eigenvalue weighted by Gasteiger charge is 2.42. The van der Waals surface area contributed by atoms with E-state index in [1.54, 1.807) is 0 Å². The van der Waals surface area contributed by atoms with Gasteiger partial charge in [0.15, 0.2) is 0 Å². The van der Waals surface area contributed by atoms with E-state index in [9.17, 15) is 5.11 Å². The maximum absolute atomic E-state index is 9.66. The summed E-state index contributed by atoms with van der Waals surface area (Å²) in [6.45, 7) is 6.83. The fraction of sp³-hybridized carbons (Fsp3) is 0.478. The lowest BCUT2D eigenvalue weighted by Gasteiger charge is -2.45. The van der Waals surface area contributed by atoms with Gasteiger partial charge in [-0.25, -0.2) is 0 Å². The number of benzene rings is 2. The normalized spacial score (nSPS) is 28.0. The Morgan fingerprint density at radius 1 is 1.08 bits per heavy atom. The zero-order valence-corrected chi connectivity index (χ0v) is 15.9. The lowest BCUT2D eigenvalue weighted by Crippen LogP contribution is -2.40. The summed E-state index contributed by atoms with van der Waals surface area (Å²) in [5, 5.41) is 13.4. The van der Waals surface area contributed by atoms with E-state index >= 15 is 0 Å². The lowest BCUT2D eigenvalue weighted by molar-refractivity contribution is -0.110. The van der Waals surface area contributed by atoms with E-state index < -0.39 is 0 Å². The van der Waals surface area contributed by atoms with Crippen LogP contribution in [-0.4, -0.2) is 17.8 Å². The number of hydrogen-bond donors (Lipinski definition) is 2. The van der Waals surface area contributed by atoms with Gasteiger partial charge in [-0.05, 0) is 35.4 Å². The molecular weight excluding hydrogens is 322 g/mol. The molecule has 0 spiro atoms. The van der Waals surface area contributed by atoms with Gasteiger partial charge in [0, 0.05) is 17.2 Å². The molecule has 2 heterocycles. The van der Waals surface area contributed by atoms with Crippen molar-refractivity contribution in [2.75, 3.05) is 11.9 Å². The molecule has 1 saturated heterocycles. The minimum absolute atomic E-state index is 0.0321. The summed E-state index contributed by atoms with van der Waals surface area (Å²) >= 11 is 0. The highest BCUT2D eigenvalue weighted by molar-refractivity contribution is 5.59. The summed E-state index contributed by atoms with van der Waals surface area (Å²) in [7, 11) is 0. The van der Waals surface area contributed by atoms with Crippen LogP contribution in [0.5, 0.6) is 0 Å². The van der Waals surface area contributed by atoms with Gasteiger partial charge < -0.3 is 15.2 Å². The second-order valence-corrected chi connectivity index (χ2v) is 8.69. The molecule has 4 rings (SSSR count). The molecule has 2 aliphatic rings. The standard InChI is InChI=1S/C23H29NO2/c1-23(2,3)16-9-12-20-19(13-16)22-18(11-10-17(14-25)26-22)21(24-20)15-7-5-4-6-8-15/h4-9,12-13,17-18,21-22,24-25H,10-11,14H2,1-3H3/t17-,18+,21-,22?/m1/s1. The van der Waals surface area contributed by atoms with E-state index in [4.69, 9.17) is 4.74 Å². The molecule has 2 aromatic carbocycles. The molecule has 3 heteroatoms. The van der Waals surface area contributed by atoms with Gasteiger partial charge in [0.2, 0.25) is 0 Å². The molecule has 3 nitrogen and oxygen atoms in total. The van der Waals surface area contributed by atoms with E-state index in [1.807, 2.05) is 0 Å². The van der Waals surface area contributed by atoms with Gasteiger partial charge in [0.05, 0.1) is 24.9 Å². The number of rotatable bonds is 2. The lowest BCUT2D eigenvalue weighted by atomic mass is 9.75. The van der Waals surface area contributed by atoms with Crippen LogP contribution in [0.2, 0.25) is 0 Å². The third kappa shape index (κ3) is 3.15. The average molecular weight is 351 g/mol. The van der Waals surface area contributed by atoms with Gasteiger partial charge >= 0.3 is 0 Å². The quantitative estimate of drug-likeness (QED) is 0.802. The van der Waals surface area contributed by atoms with Gasteiger partial charge in [-0.3, -0.25) is 0 Å². The van der Waals surface area contributed by atoms with Crippen molar-refractivity contribution in [1.82, 2.24) is 0 Å². The topological polar surface area (TPSA) is 41.5 Å². The van der Waals surface area contributed by atoms with Crippen molar-refractivity contribution in [2.24, 2.45) is 5.92 Å². The summed E-state index contributed by atoms with van der Waals surface area (Å²) in [5.74, 6) is 0.378. The fourth-order valence-corrected chi connectivity index (χ4v) is 4.35. The molecule has 2 aliphatic heterocycles. The molecule has 0 bridgehead atoms. The number of anilines is 1. The molecule has 1 fully saturated rings. The molecule has 1 unspecified atom stereocenters. The molecule has 138 valence electrons. The largest absolute Gasteiger partial charge is 0.394 e. The highest BCUT2D eigenvalue weighted by atomic mass is 16.5.